The lowest BCUT2D eigenvalue weighted by Gasteiger charge is -2.17. The van der Waals surface area contributed by atoms with Crippen LogP contribution in [0.25, 0.3) is 0 Å². The predicted octanol–water partition coefficient (Wildman–Crippen LogP) is 1.79. The minimum absolute atomic E-state index is 0.0291. The zero-order valence-corrected chi connectivity index (χ0v) is 8.21. The van der Waals surface area contributed by atoms with E-state index in [1.807, 2.05) is 0 Å². The van der Waals surface area contributed by atoms with Crippen molar-refractivity contribution in [3.63, 3.8) is 0 Å². The van der Waals surface area contributed by atoms with Gasteiger partial charge in [0.2, 0.25) is 0 Å². The zero-order chi connectivity index (χ0) is 11.9. The Hall–Kier alpha value is -1.72. The van der Waals surface area contributed by atoms with Gasteiger partial charge in [0.25, 0.3) is 5.91 Å². The van der Waals surface area contributed by atoms with E-state index in [0.29, 0.717) is 16.8 Å². The molecule has 0 saturated carbocycles. The number of fused-ring (bicyclic) bond motifs is 1. The molecule has 0 bridgehead atoms. The molecule has 0 aromatic heterocycles. The van der Waals surface area contributed by atoms with E-state index >= 15 is 0 Å². The molecule has 1 aromatic carbocycles. The highest BCUT2D eigenvalue weighted by atomic mass is 19.4. The molecule has 1 aliphatic rings. The van der Waals surface area contributed by atoms with Gasteiger partial charge in [-0.05, 0) is 23.8 Å². The summed E-state index contributed by atoms with van der Waals surface area (Å²) in [6.07, 6.45) is -4.37. The molecule has 3 nitrogen and oxygen atoms in total. The van der Waals surface area contributed by atoms with Crippen molar-refractivity contribution in [2.75, 3.05) is 12.3 Å². The molecule has 0 saturated heterocycles. The summed E-state index contributed by atoms with van der Waals surface area (Å²) in [5.74, 6) is -0.590. The van der Waals surface area contributed by atoms with Gasteiger partial charge in [0.05, 0.1) is 0 Å². The Morgan fingerprint density at radius 2 is 2.06 bits per heavy atom. The fraction of sp³-hybridized carbons (Fsp3) is 0.300. The molecule has 0 fully saturated rings. The van der Waals surface area contributed by atoms with E-state index in [-0.39, 0.29) is 6.54 Å². The summed E-state index contributed by atoms with van der Waals surface area (Å²) in [5, 5.41) is 0. The van der Waals surface area contributed by atoms with Gasteiger partial charge < -0.3 is 10.6 Å². The van der Waals surface area contributed by atoms with Crippen LogP contribution in [0.2, 0.25) is 0 Å². The summed E-state index contributed by atoms with van der Waals surface area (Å²) >= 11 is 0. The molecule has 2 N–H and O–H groups in total. The van der Waals surface area contributed by atoms with Crippen LogP contribution in [0, 0.1) is 0 Å². The molecule has 6 heteroatoms. The molecule has 0 unspecified atom stereocenters. The molecular formula is C10H9F3N2O. The van der Waals surface area contributed by atoms with Crippen LogP contribution in [0.15, 0.2) is 18.2 Å². The number of hydrogen-bond donors (Lipinski definition) is 1. The predicted molar refractivity (Wildman–Crippen MR) is 51.6 cm³/mol. The van der Waals surface area contributed by atoms with Crippen LogP contribution in [0.1, 0.15) is 15.9 Å². The number of alkyl halides is 3. The van der Waals surface area contributed by atoms with Crippen molar-refractivity contribution in [3.05, 3.63) is 29.3 Å². The van der Waals surface area contributed by atoms with Crippen molar-refractivity contribution in [1.29, 1.82) is 0 Å². The summed E-state index contributed by atoms with van der Waals surface area (Å²) in [7, 11) is 0. The summed E-state index contributed by atoms with van der Waals surface area (Å²) in [6, 6.07) is 4.50. The highest BCUT2D eigenvalue weighted by Gasteiger charge is 2.37. The number of amides is 1. The zero-order valence-electron chi connectivity index (χ0n) is 8.21. The van der Waals surface area contributed by atoms with Crippen LogP contribution in [-0.2, 0) is 6.54 Å². The monoisotopic (exact) mass is 230 g/mol. The molecule has 1 amide bonds. The van der Waals surface area contributed by atoms with Crippen LogP contribution in [0.3, 0.4) is 0 Å². The second-order valence-electron chi connectivity index (χ2n) is 3.69. The third kappa shape index (κ3) is 1.95. The molecule has 2 rings (SSSR count). The van der Waals surface area contributed by atoms with Gasteiger partial charge in [-0.1, -0.05) is 0 Å². The topological polar surface area (TPSA) is 46.3 Å². The average molecular weight is 230 g/mol. The first-order valence-electron chi connectivity index (χ1n) is 4.61. The number of nitrogen functional groups attached to an aromatic ring is 1. The Labute approximate surface area is 89.6 Å². The minimum atomic E-state index is -4.37. The number of rotatable bonds is 1. The molecule has 1 aliphatic heterocycles. The average Bonchev–Trinajstić information content (AvgIpc) is 2.40. The number of carbonyl (C=O) groups is 1. The Bertz CT molecular complexity index is 442. The van der Waals surface area contributed by atoms with Crippen LogP contribution < -0.4 is 5.73 Å². The van der Waals surface area contributed by atoms with Gasteiger partial charge >= 0.3 is 6.18 Å². The number of nitrogens with two attached hydrogens (primary N) is 1. The van der Waals surface area contributed by atoms with Crippen molar-refractivity contribution >= 4 is 11.6 Å². The Balaban J connectivity index is 2.24. The third-order valence-electron chi connectivity index (χ3n) is 2.38. The van der Waals surface area contributed by atoms with Crippen LogP contribution in [0.5, 0.6) is 0 Å². The number of carbonyl (C=O) groups excluding carboxylic acids is 1. The lowest BCUT2D eigenvalue weighted by molar-refractivity contribution is -0.140. The van der Waals surface area contributed by atoms with Crippen molar-refractivity contribution in [1.82, 2.24) is 4.90 Å². The number of halogens is 3. The van der Waals surface area contributed by atoms with E-state index in [9.17, 15) is 18.0 Å². The Morgan fingerprint density at radius 3 is 2.69 bits per heavy atom. The van der Waals surface area contributed by atoms with E-state index < -0.39 is 18.6 Å². The molecule has 86 valence electrons. The molecule has 0 spiro atoms. The molecule has 16 heavy (non-hydrogen) atoms. The molecule has 1 heterocycles. The second kappa shape index (κ2) is 3.40. The molecule has 0 atom stereocenters. The van der Waals surface area contributed by atoms with Gasteiger partial charge in [0, 0.05) is 17.8 Å². The second-order valence-corrected chi connectivity index (χ2v) is 3.69. The number of hydrogen-bond acceptors (Lipinski definition) is 2. The summed E-state index contributed by atoms with van der Waals surface area (Å²) in [4.78, 5) is 12.3. The molecule has 1 aromatic rings. The van der Waals surface area contributed by atoms with Gasteiger partial charge in [0.15, 0.2) is 0 Å². The van der Waals surface area contributed by atoms with Crippen molar-refractivity contribution in [2.45, 2.75) is 12.7 Å². The van der Waals surface area contributed by atoms with Crippen LogP contribution in [-0.4, -0.2) is 23.5 Å². The number of benzene rings is 1. The van der Waals surface area contributed by atoms with Gasteiger partial charge in [-0.25, -0.2) is 0 Å². The normalized spacial score (nSPS) is 15.4. The van der Waals surface area contributed by atoms with E-state index in [1.165, 1.54) is 18.2 Å². The smallest absolute Gasteiger partial charge is 0.399 e. The summed E-state index contributed by atoms with van der Waals surface area (Å²) in [5.41, 5.74) is 6.80. The number of anilines is 1. The maximum atomic E-state index is 12.2. The number of nitrogens with zero attached hydrogens (tertiary/aromatic N) is 1. The molecule has 0 radical (unpaired) electrons. The van der Waals surface area contributed by atoms with Crippen LogP contribution in [0.4, 0.5) is 18.9 Å². The van der Waals surface area contributed by atoms with Gasteiger partial charge in [-0.2, -0.15) is 13.2 Å². The first-order chi connectivity index (χ1) is 7.37. The van der Waals surface area contributed by atoms with Crippen molar-refractivity contribution in [3.8, 4) is 0 Å². The lowest BCUT2D eigenvalue weighted by Crippen LogP contribution is -2.34. The van der Waals surface area contributed by atoms with Gasteiger partial charge in [-0.15, -0.1) is 0 Å². The van der Waals surface area contributed by atoms with Gasteiger partial charge in [0.1, 0.15) is 6.54 Å². The lowest BCUT2D eigenvalue weighted by atomic mass is 10.1. The summed E-state index contributed by atoms with van der Waals surface area (Å²) < 4.78 is 36.5. The standard InChI is InChI=1S/C10H9F3N2O/c11-10(12,13)5-15-4-6-3-7(14)1-2-8(6)9(15)16/h1-3H,4-5,14H2. The Morgan fingerprint density at radius 1 is 1.38 bits per heavy atom. The van der Waals surface area contributed by atoms with Crippen LogP contribution >= 0.6 is 0 Å². The van der Waals surface area contributed by atoms with Gasteiger partial charge in [-0.3, -0.25) is 4.79 Å². The molecule has 0 aliphatic carbocycles. The first kappa shape index (κ1) is 10.8. The fourth-order valence-corrected chi connectivity index (χ4v) is 1.74. The minimum Gasteiger partial charge on any atom is -0.399 e. The maximum absolute atomic E-state index is 12.2. The van der Waals surface area contributed by atoms with Crippen molar-refractivity contribution in [2.24, 2.45) is 0 Å². The van der Waals surface area contributed by atoms with E-state index in [1.54, 1.807) is 0 Å². The fourth-order valence-electron chi connectivity index (χ4n) is 1.74. The summed E-state index contributed by atoms with van der Waals surface area (Å²) in [6.45, 7) is -1.25. The molecular weight excluding hydrogens is 221 g/mol. The Kier molecular flexibility index (Phi) is 2.29. The highest BCUT2D eigenvalue weighted by molar-refractivity contribution is 5.98. The highest BCUT2D eigenvalue weighted by Crippen LogP contribution is 2.27. The first-order valence-corrected chi connectivity index (χ1v) is 4.61. The van der Waals surface area contributed by atoms with Crippen molar-refractivity contribution < 1.29 is 18.0 Å². The van der Waals surface area contributed by atoms with E-state index in [0.717, 1.165) is 4.90 Å². The van der Waals surface area contributed by atoms with E-state index in [2.05, 4.69) is 0 Å². The maximum Gasteiger partial charge on any atom is 0.406 e. The van der Waals surface area contributed by atoms with E-state index in [4.69, 9.17) is 5.73 Å². The largest absolute Gasteiger partial charge is 0.406 e. The quantitative estimate of drug-likeness (QED) is 0.747. The SMILES string of the molecule is Nc1ccc2c(c1)CN(CC(F)(F)F)C2=O. The third-order valence-corrected chi connectivity index (χ3v) is 2.38.